The predicted molar refractivity (Wildman–Crippen MR) is 59.5 cm³/mol. The molecule has 0 spiro atoms. The summed E-state index contributed by atoms with van der Waals surface area (Å²) in [6.45, 7) is 0. The first-order chi connectivity index (χ1) is 5.04. The monoisotopic (exact) mass is 412 g/mol. The third-order valence-electron chi connectivity index (χ3n) is 1.06. The van der Waals surface area contributed by atoms with Crippen molar-refractivity contribution in [3.05, 3.63) is 29.4 Å². The third-order valence-corrected chi connectivity index (χ3v) is 5.68. The lowest BCUT2D eigenvalue weighted by Crippen LogP contribution is -1.84. The SMILES string of the molecule is Fc1cc(Br)c(I)c(Br)c1Cl. The zero-order valence-corrected chi connectivity index (χ0v) is 11.1. The maximum absolute atomic E-state index is 12.8. The standard InChI is InChI=1S/C6HBr2ClFI/c7-2-1-3(10)5(9)4(8)6(2)11/h1H. The Balaban J connectivity index is 3.46. The van der Waals surface area contributed by atoms with Crippen LogP contribution in [0.25, 0.3) is 0 Å². The molecule has 0 aromatic heterocycles. The number of halogens is 5. The normalized spacial score (nSPS) is 10.3. The maximum atomic E-state index is 12.8. The van der Waals surface area contributed by atoms with Gasteiger partial charge in [0.1, 0.15) is 5.82 Å². The van der Waals surface area contributed by atoms with Gasteiger partial charge in [0.15, 0.2) is 0 Å². The highest BCUT2D eigenvalue weighted by molar-refractivity contribution is 14.1. The van der Waals surface area contributed by atoms with E-state index in [9.17, 15) is 4.39 Å². The van der Waals surface area contributed by atoms with E-state index in [4.69, 9.17) is 11.6 Å². The van der Waals surface area contributed by atoms with Crippen molar-refractivity contribution in [3.63, 3.8) is 0 Å². The molecule has 0 amide bonds. The Hall–Kier alpha value is 1.13. The summed E-state index contributed by atoms with van der Waals surface area (Å²) in [6.07, 6.45) is 0. The van der Waals surface area contributed by atoms with E-state index in [0.717, 1.165) is 3.57 Å². The predicted octanol–water partition coefficient (Wildman–Crippen LogP) is 4.61. The van der Waals surface area contributed by atoms with Crippen LogP contribution in [0.2, 0.25) is 5.02 Å². The molecule has 60 valence electrons. The summed E-state index contributed by atoms with van der Waals surface area (Å²) in [6, 6.07) is 1.34. The fourth-order valence-corrected chi connectivity index (χ4v) is 2.35. The largest absolute Gasteiger partial charge is 0.205 e. The fourth-order valence-electron chi connectivity index (χ4n) is 0.544. The molecule has 0 radical (unpaired) electrons. The highest BCUT2D eigenvalue weighted by Crippen LogP contribution is 2.34. The van der Waals surface area contributed by atoms with Gasteiger partial charge in [-0.2, -0.15) is 0 Å². The van der Waals surface area contributed by atoms with Crippen LogP contribution in [-0.2, 0) is 0 Å². The van der Waals surface area contributed by atoms with Crippen molar-refractivity contribution in [2.45, 2.75) is 0 Å². The topological polar surface area (TPSA) is 0 Å². The number of hydrogen-bond donors (Lipinski definition) is 0. The zero-order valence-electron chi connectivity index (χ0n) is 4.97. The molecule has 1 aromatic carbocycles. The zero-order chi connectivity index (χ0) is 8.59. The second-order valence-corrected chi connectivity index (χ2v) is 4.89. The minimum atomic E-state index is -0.425. The first-order valence-electron chi connectivity index (χ1n) is 2.52. The molecule has 0 nitrogen and oxygen atoms in total. The smallest absolute Gasteiger partial charge is 0.144 e. The summed E-state index contributed by atoms with van der Waals surface area (Å²) in [5.74, 6) is -0.425. The van der Waals surface area contributed by atoms with E-state index >= 15 is 0 Å². The maximum Gasteiger partial charge on any atom is 0.144 e. The van der Waals surface area contributed by atoms with Gasteiger partial charge in [0.2, 0.25) is 0 Å². The van der Waals surface area contributed by atoms with Crippen LogP contribution in [0.3, 0.4) is 0 Å². The molecule has 0 bridgehead atoms. The molecule has 0 N–H and O–H groups in total. The average Bonchev–Trinajstić information content (AvgIpc) is 1.97. The van der Waals surface area contributed by atoms with Crippen molar-refractivity contribution < 1.29 is 4.39 Å². The van der Waals surface area contributed by atoms with Gasteiger partial charge in [0.25, 0.3) is 0 Å². The summed E-state index contributed by atoms with van der Waals surface area (Å²) >= 11 is 14.0. The number of hydrogen-bond acceptors (Lipinski definition) is 0. The summed E-state index contributed by atoms with van der Waals surface area (Å²) in [5.41, 5.74) is 0. The van der Waals surface area contributed by atoms with Crippen LogP contribution in [0.15, 0.2) is 15.0 Å². The van der Waals surface area contributed by atoms with Crippen LogP contribution in [0.1, 0.15) is 0 Å². The summed E-state index contributed by atoms with van der Waals surface area (Å²) in [4.78, 5) is 0. The van der Waals surface area contributed by atoms with Crippen LogP contribution < -0.4 is 0 Å². The molecule has 0 atom stereocenters. The fraction of sp³-hybridized carbons (Fsp3) is 0. The minimum absolute atomic E-state index is 0.123. The van der Waals surface area contributed by atoms with E-state index in [1.54, 1.807) is 0 Å². The van der Waals surface area contributed by atoms with E-state index in [1.807, 2.05) is 0 Å². The van der Waals surface area contributed by atoms with Gasteiger partial charge in [-0.05, 0) is 60.5 Å². The molecule has 11 heavy (non-hydrogen) atoms. The Labute approximate surface area is 98.9 Å². The molecular formula is C6HBr2ClFI. The van der Waals surface area contributed by atoms with Crippen LogP contribution in [0.5, 0.6) is 0 Å². The Morgan fingerprint density at radius 3 is 2.55 bits per heavy atom. The Kier molecular flexibility index (Phi) is 3.61. The summed E-state index contributed by atoms with van der Waals surface area (Å²) in [5, 5.41) is 0.123. The van der Waals surface area contributed by atoms with Crippen molar-refractivity contribution in [2.75, 3.05) is 0 Å². The van der Waals surface area contributed by atoms with Gasteiger partial charge in [0, 0.05) is 8.04 Å². The lowest BCUT2D eigenvalue weighted by molar-refractivity contribution is 0.626. The van der Waals surface area contributed by atoms with E-state index in [0.29, 0.717) is 8.95 Å². The molecule has 0 fully saturated rings. The van der Waals surface area contributed by atoms with E-state index < -0.39 is 5.82 Å². The highest BCUT2D eigenvalue weighted by atomic mass is 127. The Morgan fingerprint density at radius 2 is 2.00 bits per heavy atom. The second kappa shape index (κ2) is 3.89. The molecule has 1 aromatic rings. The first kappa shape index (κ1) is 10.2. The van der Waals surface area contributed by atoms with Crippen molar-refractivity contribution in [1.29, 1.82) is 0 Å². The summed E-state index contributed by atoms with van der Waals surface area (Å²) < 4.78 is 15.0. The van der Waals surface area contributed by atoms with Gasteiger partial charge < -0.3 is 0 Å². The Morgan fingerprint density at radius 1 is 1.45 bits per heavy atom. The van der Waals surface area contributed by atoms with Gasteiger partial charge in [0.05, 0.1) is 9.50 Å². The van der Waals surface area contributed by atoms with Crippen LogP contribution in [0.4, 0.5) is 4.39 Å². The molecule has 1 rings (SSSR count). The van der Waals surface area contributed by atoms with Crippen molar-refractivity contribution in [1.82, 2.24) is 0 Å². The number of rotatable bonds is 0. The first-order valence-corrected chi connectivity index (χ1v) is 5.56. The molecule has 0 heterocycles. The molecule has 0 saturated carbocycles. The van der Waals surface area contributed by atoms with E-state index in [2.05, 4.69) is 54.5 Å². The quantitative estimate of drug-likeness (QED) is 0.331. The third kappa shape index (κ3) is 2.08. The van der Waals surface area contributed by atoms with E-state index in [1.165, 1.54) is 6.07 Å². The molecule has 0 aliphatic heterocycles. The van der Waals surface area contributed by atoms with Crippen molar-refractivity contribution in [2.24, 2.45) is 0 Å². The highest BCUT2D eigenvalue weighted by Gasteiger charge is 2.10. The Bertz CT molecular complexity index is 277. The van der Waals surface area contributed by atoms with Gasteiger partial charge >= 0.3 is 0 Å². The molecule has 0 aliphatic rings. The minimum Gasteiger partial charge on any atom is -0.205 e. The van der Waals surface area contributed by atoms with Gasteiger partial charge in [-0.25, -0.2) is 4.39 Å². The van der Waals surface area contributed by atoms with Crippen LogP contribution in [-0.4, -0.2) is 0 Å². The average molecular weight is 414 g/mol. The molecule has 0 unspecified atom stereocenters. The molecule has 5 heteroatoms. The lowest BCUT2D eigenvalue weighted by atomic mass is 10.3. The summed E-state index contributed by atoms with van der Waals surface area (Å²) in [7, 11) is 0. The van der Waals surface area contributed by atoms with Crippen molar-refractivity contribution in [3.8, 4) is 0 Å². The van der Waals surface area contributed by atoms with Gasteiger partial charge in [-0.15, -0.1) is 0 Å². The van der Waals surface area contributed by atoms with Crippen LogP contribution >= 0.6 is 66.1 Å². The second-order valence-electron chi connectivity index (χ2n) is 1.78. The number of benzene rings is 1. The van der Waals surface area contributed by atoms with Crippen molar-refractivity contribution >= 4 is 66.1 Å². The molecule has 0 aliphatic carbocycles. The van der Waals surface area contributed by atoms with Gasteiger partial charge in [-0.3, -0.25) is 0 Å². The lowest BCUT2D eigenvalue weighted by Gasteiger charge is -2.02. The van der Waals surface area contributed by atoms with Crippen LogP contribution in [0, 0.1) is 9.39 Å². The van der Waals surface area contributed by atoms with E-state index in [-0.39, 0.29) is 5.02 Å². The van der Waals surface area contributed by atoms with Gasteiger partial charge in [-0.1, -0.05) is 11.6 Å². The molecular weight excluding hydrogens is 413 g/mol. The molecule has 0 saturated heterocycles.